The molecule has 0 spiro atoms. The molecule has 8 nitrogen and oxygen atoms in total. The molecule has 1 aromatic heterocycles. The molecule has 8 heteroatoms. The third-order valence-electron chi connectivity index (χ3n) is 2.86. The number of nitro groups is 1. The number of nitrogens with one attached hydrogen (secondary N) is 1. The van der Waals surface area contributed by atoms with Crippen LogP contribution in [0.3, 0.4) is 0 Å². The van der Waals surface area contributed by atoms with Crippen LogP contribution in [0.2, 0.25) is 0 Å². The fourth-order valence-electron chi connectivity index (χ4n) is 1.88. The number of anilines is 1. The molecule has 0 aliphatic carbocycles. The summed E-state index contributed by atoms with van der Waals surface area (Å²) < 4.78 is 1.76. The van der Waals surface area contributed by atoms with Gasteiger partial charge in [-0.25, -0.2) is 4.79 Å². The summed E-state index contributed by atoms with van der Waals surface area (Å²) in [5, 5.41) is 26.9. The highest BCUT2D eigenvalue weighted by Gasteiger charge is 2.19. The topological polar surface area (TPSA) is 110 Å². The van der Waals surface area contributed by atoms with E-state index in [9.17, 15) is 14.9 Å². The molecule has 0 fully saturated rings. The van der Waals surface area contributed by atoms with Gasteiger partial charge in [0.2, 0.25) is 0 Å². The van der Waals surface area contributed by atoms with Gasteiger partial charge in [-0.2, -0.15) is 5.10 Å². The van der Waals surface area contributed by atoms with Crippen molar-refractivity contribution in [3.8, 4) is 0 Å². The standard InChI is InChI=1S/C13H14N4O4/c1-9-7-15-16(8-9)5-4-14-10-2-3-12(17(20)21)11(6-10)13(18)19/h2-3,6-8,14H,4-5H2,1H3,(H,18,19). The van der Waals surface area contributed by atoms with Crippen molar-refractivity contribution in [2.75, 3.05) is 11.9 Å². The van der Waals surface area contributed by atoms with E-state index < -0.39 is 16.6 Å². The van der Waals surface area contributed by atoms with Gasteiger partial charge in [-0.05, 0) is 24.6 Å². The lowest BCUT2D eigenvalue weighted by atomic mass is 10.1. The Bertz CT molecular complexity index is 681. The Morgan fingerprint density at radius 2 is 2.29 bits per heavy atom. The molecule has 0 saturated heterocycles. The van der Waals surface area contributed by atoms with Gasteiger partial charge in [-0.3, -0.25) is 14.8 Å². The molecule has 21 heavy (non-hydrogen) atoms. The zero-order valence-corrected chi connectivity index (χ0v) is 11.3. The highest BCUT2D eigenvalue weighted by Crippen LogP contribution is 2.22. The van der Waals surface area contributed by atoms with Crippen LogP contribution in [0.25, 0.3) is 0 Å². The highest BCUT2D eigenvalue weighted by molar-refractivity contribution is 5.93. The van der Waals surface area contributed by atoms with Crippen LogP contribution in [-0.2, 0) is 6.54 Å². The average Bonchev–Trinajstić information content (AvgIpc) is 2.84. The van der Waals surface area contributed by atoms with Gasteiger partial charge in [-0.15, -0.1) is 0 Å². The minimum Gasteiger partial charge on any atom is -0.477 e. The summed E-state index contributed by atoms with van der Waals surface area (Å²) >= 11 is 0. The number of rotatable bonds is 6. The minimum atomic E-state index is -1.33. The Labute approximate surface area is 120 Å². The lowest BCUT2D eigenvalue weighted by Gasteiger charge is -2.07. The molecule has 110 valence electrons. The quantitative estimate of drug-likeness (QED) is 0.621. The van der Waals surface area contributed by atoms with Gasteiger partial charge in [0.25, 0.3) is 5.69 Å². The van der Waals surface area contributed by atoms with Crippen molar-refractivity contribution in [3.63, 3.8) is 0 Å². The second-order valence-corrected chi connectivity index (χ2v) is 4.50. The van der Waals surface area contributed by atoms with Gasteiger partial charge in [-0.1, -0.05) is 0 Å². The van der Waals surface area contributed by atoms with Crippen molar-refractivity contribution in [2.24, 2.45) is 0 Å². The Morgan fingerprint density at radius 3 is 2.86 bits per heavy atom. The maximum absolute atomic E-state index is 11.0. The molecule has 0 saturated carbocycles. The van der Waals surface area contributed by atoms with Crippen LogP contribution in [0.4, 0.5) is 11.4 Å². The monoisotopic (exact) mass is 290 g/mol. The number of aromatic carboxylic acids is 1. The van der Waals surface area contributed by atoms with Crippen LogP contribution in [0.5, 0.6) is 0 Å². The minimum absolute atomic E-state index is 0.333. The van der Waals surface area contributed by atoms with Crippen LogP contribution in [0, 0.1) is 17.0 Å². The van der Waals surface area contributed by atoms with Gasteiger partial charge < -0.3 is 10.4 Å². The van der Waals surface area contributed by atoms with E-state index in [2.05, 4.69) is 10.4 Å². The van der Waals surface area contributed by atoms with E-state index in [1.807, 2.05) is 13.1 Å². The summed E-state index contributed by atoms with van der Waals surface area (Å²) in [4.78, 5) is 21.1. The number of aromatic nitrogens is 2. The van der Waals surface area contributed by atoms with Crippen molar-refractivity contribution in [1.82, 2.24) is 9.78 Å². The lowest BCUT2D eigenvalue weighted by Crippen LogP contribution is -2.11. The molecular weight excluding hydrogens is 276 g/mol. The Hall–Kier alpha value is -2.90. The van der Waals surface area contributed by atoms with Crippen molar-refractivity contribution in [1.29, 1.82) is 0 Å². The maximum Gasteiger partial charge on any atom is 0.342 e. The van der Waals surface area contributed by atoms with Crippen molar-refractivity contribution >= 4 is 17.3 Å². The van der Waals surface area contributed by atoms with Gasteiger partial charge in [0.05, 0.1) is 17.7 Å². The van der Waals surface area contributed by atoms with E-state index in [0.717, 1.165) is 5.56 Å². The third-order valence-corrected chi connectivity index (χ3v) is 2.86. The number of nitro benzene ring substituents is 1. The first-order valence-electron chi connectivity index (χ1n) is 6.22. The third kappa shape index (κ3) is 3.56. The first-order valence-corrected chi connectivity index (χ1v) is 6.22. The molecule has 0 bridgehead atoms. The SMILES string of the molecule is Cc1cnn(CCNc2ccc([N+](=O)[O-])c(C(=O)O)c2)c1. The van der Waals surface area contributed by atoms with Crippen LogP contribution in [0.1, 0.15) is 15.9 Å². The molecule has 0 radical (unpaired) electrons. The summed E-state index contributed by atoms with van der Waals surface area (Å²) in [5.41, 5.74) is 0.816. The van der Waals surface area contributed by atoms with E-state index >= 15 is 0 Å². The maximum atomic E-state index is 11.0. The second-order valence-electron chi connectivity index (χ2n) is 4.50. The second kappa shape index (κ2) is 6.04. The van der Waals surface area contributed by atoms with Gasteiger partial charge in [0, 0.05) is 24.5 Å². The van der Waals surface area contributed by atoms with E-state index in [1.165, 1.54) is 18.2 Å². The molecular formula is C13H14N4O4. The van der Waals surface area contributed by atoms with Gasteiger partial charge in [0.15, 0.2) is 0 Å². The molecule has 0 aliphatic rings. The van der Waals surface area contributed by atoms with Crippen LogP contribution >= 0.6 is 0 Å². The summed E-state index contributed by atoms with van der Waals surface area (Å²) in [6.07, 6.45) is 3.63. The molecule has 2 aromatic rings. The number of carboxylic acids is 1. The number of benzene rings is 1. The fraction of sp³-hybridized carbons (Fsp3) is 0.231. The predicted molar refractivity (Wildman–Crippen MR) is 75.5 cm³/mol. The molecule has 0 amide bonds. The average molecular weight is 290 g/mol. The fourth-order valence-corrected chi connectivity index (χ4v) is 1.88. The van der Waals surface area contributed by atoms with Crippen molar-refractivity contribution in [2.45, 2.75) is 13.5 Å². The number of hydrogen-bond acceptors (Lipinski definition) is 5. The van der Waals surface area contributed by atoms with E-state index in [0.29, 0.717) is 18.8 Å². The van der Waals surface area contributed by atoms with Crippen molar-refractivity contribution in [3.05, 3.63) is 51.8 Å². The Morgan fingerprint density at radius 1 is 1.52 bits per heavy atom. The van der Waals surface area contributed by atoms with Crippen molar-refractivity contribution < 1.29 is 14.8 Å². The van der Waals surface area contributed by atoms with E-state index in [4.69, 9.17) is 5.11 Å². The largest absolute Gasteiger partial charge is 0.477 e. The number of nitrogens with zero attached hydrogens (tertiary/aromatic N) is 3. The zero-order valence-electron chi connectivity index (χ0n) is 11.3. The number of carbonyl (C=O) groups is 1. The Kier molecular flexibility index (Phi) is 4.17. The summed E-state index contributed by atoms with van der Waals surface area (Å²) in [5.74, 6) is -1.33. The highest BCUT2D eigenvalue weighted by atomic mass is 16.6. The normalized spacial score (nSPS) is 10.3. The number of carboxylic acid groups (broad SMARTS) is 1. The van der Waals surface area contributed by atoms with Crippen LogP contribution in [0.15, 0.2) is 30.6 Å². The first kappa shape index (κ1) is 14.5. The smallest absolute Gasteiger partial charge is 0.342 e. The Balaban J connectivity index is 2.05. The molecule has 1 heterocycles. The number of hydrogen-bond donors (Lipinski definition) is 2. The van der Waals surface area contributed by atoms with Gasteiger partial charge >= 0.3 is 5.97 Å². The molecule has 2 rings (SSSR count). The summed E-state index contributed by atoms with van der Waals surface area (Å²) in [6, 6.07) is 3.93. The van der Waals surface area contributed by atoms with Gasteiger partial charge in [0.1, 0.15) is 5.56 Å². The van der Waals surface area contributed by atoms with Crippen LogP contribution < -0.4 is 5.32 Å². The first-order chi connectivity index (χ1) is 9.97. The zero-order chi connectivity index (χ0) is 15.4. The van der Waals surface area contributed by atoms with E-state index in [-0.39, 0.29) is 5.56 Å². The molecule has 1 aromatic carbocycles. The summed E-state index contributed by atoms with van der Waals surface area (Å²) in [6.45, 7) is 3.07. The van der Waals surface area contributed by atoms with E-state index in [1.54, 1.807) is 10.9 Å². The molecule has 0 unspecified atom stereocenters. The summed E-state index contributed by atoms with van der Waals surface area (Å²) in [7, 11) is 0. The molecule has 2 N–H and O–H groups in total. The molecule has 0 atom stereocenters. The molecule has 0 aliphatic heterocycles. The number of aryl methyl sites for hydroxylation is 1. The predicted octanol–water partition coefficient (Wildman–Crippen LogP) is 1.91. The van der Waals surface area contributed by atoms with Crippen LogP contribution in [-0.4, -0.2) is 32.3 Å². The lowest BCUT2D eigenvalue weighted by molar-refractivity contribution is -0.385.